The Hall–Kier alpha value is 1.13. The summed E-state index contributed by atoms with van der Waals surface area (Å²) in [6, 6.07) is 0. The molecule has 0 heterocycles. The first-order valence-corrected chi connectivity index (χ1v) is 2.98. The Kier molecular flexibility index (Phi) is 2.90. The molecule has 0 saturated heterocycles. The van der Waals surface area contributed by atoms with Gasteiger partial charge in [0.05, 0.1) is 0 Å². The standard InChI is InChI=1S/C3H6ClO.Zr/c1-3(2,4)5;/h1-2H3;/q-1;+1. The molecule has 0 radical (unpaired) electrons. The monoisotopic (exact) mass is 183 g/mol. The molecular weight excluding hydrogens is 179 g/mol. The van der Waals surface area contributed by atoms with Crippen LogP contribution in [0.1, 0.15) is 13.8 Å². The molecule has 0 rings (SSSR count). The molecule has 0 aromatic carbocycles. The molecule has 0 atom stereocenters. The zero-order valence-electron chi connectivity index (χ0n) is 3.79. The molecule has 0 saturated carbocycles. The Bertz CT molecular complexity index is 40.5. The van der Waals surface area contributed by atoms with Crippen LogP contribution < -0.4 is 0 Å². The topological polar surface area (TPSA) is 9.23 Å². The van der Waals surface area contributed by atoms with Crippen LogP contribution in [0.15, 0.2) is 0 Å². The van der Waals surface area contributed by atoms with Gasteiger partial charge in [-0.15, -0.1) is 0 Å². The molecule has 3 heteroatoms. The van der Waals surface area contributed by atoms with Gasteiger partial charge in [-0.25, -0.2) is 0 Å². The van der Waals surface area contributed by atoms with Gasteiger partial charge in [-0.1, -0.05) is 0 Å². The van der Waals surface area contributed by atoms with Gasteiger partial charge in [0.25, 0.3) is 0 Å². The Labute approximate surface area is 58.5 Å². The summed E-state index contributed by atoms with van der Waals surface area (Å²) >= 11 is 6.54. The third-order valence-electron chi connectivity index (χ3n) is 0.243. The van der Waals surface area contributed by atoms with E-state index in [-0.39, 0.29) is 0 Å². The van der Waals surface area contributed by atoms with Gasteiger partial charge in [-0.3, -0.25) is 0 Å². The molecule has 6 heavy (non-hydrogen) atoms. The van der Waals surface area contributed by atoms with Crippen LogP contribution in [0.3, 0.4) is 0 Å². The van der Waals surface area contributed by atoms with Crippen LogP contribution in [0.2, 0.25) is 0 Å². The number of halogens is 1. The molecular formula is C3H6ClOZr. The van der Waals surface area contributed by atoms with Crippen LogP contribution in [-0.4, -0.2) is 5.06 Å². The average Bonchev–Trinajstić information content (AvgIpc) is 1.35. The van der Waals surface area contributed by atoms with Crippen LogP contribution in [0.5, 0.6) is 0 Å². The summed E-state index contributed by atoms with van der Waals surface area (Å²) in [4.78, 5) is 0. The molecule has 0 amide bonds. The second kappa shape index (κ2) is 2.44. The van der Waals surface area contributed by atoms with Crippen molar-refractivity contribution in [2.45, 2.75) is 18.9 Å². The number of rotatable bonds is 1. The van der Waals surface area contributed by atoms with Crippen molar-refractivity contribution >= 4 is 11.6 Å². The summed E-state index contributed by atoms with van der Waals surface area (Å²) in [6.07, 6.45) is 0. The molecule has 0 aliphatic rings. The summed E-state index contributed by atoms with van der Waals surface area (Å²) in [7, 11) is 0. The number of alkyl halides is 1. The van der Waals surface area contributed by atoms with Gasteiger partial charge in [-0.05, 0) is 0 Å². The van der Waals surface area contributed by atoms with Gasteiger partial charge < -0.3 is 0 Å². The van der Waals surface area contributed by atoms with Gasteiger partial charge >= 0.3 is 58.5 Å². The second-order valence-corrected chi connectivity index (χ2v) is 2.88. The summed E-state index contributed by atoms with van der Waals surface area (Å²) in [5, 5.41) is -0.446. The van der Waals surface area contributed by atoms with E-state index in [1.54, 1.807) is 0 Å². The normalized spacial score (nSPS) is 11.7. The molecule has 35 valence electrons. The molecule has 0 N–H and O–H groups in total. The molecule has 0 fully saturated rings. The predicted octanol–water partition coefficient (Wildman–Crippen LogP) is 1.44. The van der Waals surface area contributed by atoms with Gasteiger partial charge in [-0.2, -0.15) is 0 Å². The third kappa shape index (κ3) is 5.13. The first kappa shape index (κ1) is 7.13. The maximum absolute atomic E-state index is 5.52. The zero-order chi connectivity index (χ0) is 5.21. The van der Waals surface area contributed by atoms with Crippen LogP contribution in [0.25, 0.3) is 0 Å². The average molecular weight is 185 g/mol. The first-order valence-electron chi connectivity index (χ1n) is 1.60. The second-order valence-electron chi connectivity index (χ2n) is 1.47. The van der Waals surface area contributed by atoms with Crippen LogP contribution in [0, 0.1) is 0 Å². The van der Waals surface area contributed by atoms with E-state index in [1.807, 2.05) is 13.8 Å². The van der Waals surface area contributed by atoms with Gasteiger partial charge in [0.1, 0.15) is 0 Å². The molecule has 0 aromatic heterocycles. The Morgan fingerprint density at radius 2 is 1.83 bits per heavy atom. The van der Waals surface area contributed by atoms with Crippen molar-refractivity contribution in [1.29, 1.82) is 0 Å². The van der Waals surface area contributed by atoms with E-state index in [9.17, 15) is 0 Å². The van der Waals surface area contributed by atoms with Crippen molar-refractivity contribution in [3.05, 3.63) is 0 Å². The molecule has 1 nitrogen and oxygen atoms in total. The molecule has 0 aliphatic carbocycles. The predicted molar refractivity (Wildman–Crippen MR) is 21.0 cm³/mol. The summed E-state index contributed by atoms with van der Waals surface area (Å²) in [5.74, 6) is 0. The van der Waals surface area contributed by atoms with Crippen molar-refractivity contribution in [3.8, 4) is 0 Å². The molecule has 0 aromatic rings. The number of hydrogen-bond acceptors (Lipinski definition) is 1. The zero-order valence-corrected chi connectivity index (χ0v) is 7.00. The van der Waals surface area contributed by atoms with Gasteiger partial charge in [0, 0.05) is 0 Å². The maximum atomic E-state index is 5.52. The van der Waals surface area contributed by atoms with E-state index >= 15 is 0 Å². The van der Waals surface area contributed by atoms with Gasteiger partial charge in [0.2, 0.25) is 0 Å². The van der Waals surface area contributed by atoms with Crippen LogP contribution in [0.4, 0.5) is 0 Å². The quantitative estimate of drug-likeness (QED) is 0.561. The Balaban J connectivity index is 3.17. The van der Waals surface area contributed by atoms with E-state index < -0.39 is 5.06 Å². The fourth-order valence-electron chi connectivity index (χ4n) is 0. The third-order valence-corrected chi connectivity index (χ3v) is 1.89. The van der Waals surface area contributed by atoms with Crippen molar-refractivity contribution in [1.82, 2.24) is 0 Å². The molecule has 0 unspecified atom stereocenters. The SMILES string of the molecule is CC(C)(Cl)[O][Zr]. The minimum absolute atomic E-state index is 0.446. The van der Waals surface area contributed by atoms with E-state index in [2.05, 4.69) is 0 Å². The molecule has 0 spiro atoms. The summed E-state index contributed by atoms with van der Waals surface area (Å²) in [5.41, 5.74) is 0. The van der Waals surface area contributed by atoms with Crippen molar-refractivity contribution in [3.63, 3.8) is 0 Å². The first-order chi connectivity index (χ1) is 2.56. The van der Waals surface area contributed by atoms with Crippen LogP contribution >= 0.6 is 11.6 Å². The fraction of sp³-hybridized carbons (Fsp3) is 1.00. The Morgan fingerprint density at radius 1 is 1.67 bits per heavy atom. The minimum atomic E-state index is -0.446. The van der Waals surface area contributed by atoms with Gasteiger partial charge in [0.15, 0.2) is 0 Å². The van der Waals surface area contributed by atoms with E-state index in [0.29, 0.717) is 0 Å². The van der Waals surface area contributed by atoms with Crippen molar-refractivity contribution in [2.75, 3.05) is 0 Å². The molecule has 0 aliphatic heterocycles. The summed E-state index contributed by atoms with van der Waals surface area (Å²) in [6.45, 7) is 3.62. The summed E-state index contributed by atoms with van der Waals surface area (Å²) < 4.78 is 4.79. The van der Waals surface area contributed by atoms with Crippen molar-refractivity contribution in [2.24, 2.45) is 0 Å². The van der Waals surface area contributed by atoms with E-state index in [0.717, 1.165) is 25.2 Å². The number of hydrogen-bond donors (Lipinski definition) is 0. The van der Waals surface area contributed by atoms with E-state index in [1.165, 1.54) is 0 Å². The van der Waals surface area contributed by atoms with Crippen LogP contribution in [-0.2, 0) is 28.0 Å². The Morgan fingerprint density at radius 3 is 1.83 bits per heavy atom. The van der Waals surface area contributed by atoms with E-state index in [4.69, 9.17) is 14.4 Å². The molecule has 0 bridgehead atoms. The van der Waals surface area contributed by atoms with Crippen molar-refractivity contribution < 1.29 is 28.0 Å². The fourth-order valence-corrected chi connectivity index (χ4v) is 0.